The maximum absolute atomic E-state index is 12.6. The van der Waals surface area contributed by atoms with Gasteiger partial charge in [0.2, 0.25) is 5.76 Å². The van der Waals surface area contributed by atoms with Crippen molar-refractivity contribution in [1.29, 1.82) is 0 Å². The molecule has 142 valence electrons. The van der Waals surface area contributed by atoms with Gasteiger partial charge < -0.3 is 13.7 Å². The number of thioether (sulfide) groups is 1. The van der Waals surface area contributed by atoms with Crippen LogP contribution in [0.4, 0.5) is 0 Å². The van der Waals surface area contributed by atoms with Crippen molar-refractivity contribution in [1.82, 2.24) is 10.1 Å². The van der Waals surface area contributed by atoms with Crippen LogP contribution in [0, 0.1) is 6.92 Å². The van der Waals surface area contributed by atoms with Gasteiger partial charge in [-0.3, -0.25) is 0 Å². The number of rotatable bonds is 7. The Labute approximate surface area is 169 Å². The summed E-state index contributed by atoms with van der Waals surface area (Å²) in [5, 5.41) is 6.98. The highest BCUT2D eigenvalue weighted by molar-refractivity contribution is 7.98. The number of nitrogens with zero attached hydrogens (tertiary/aromatic N) is 2. The predicted molar refractivity (Wildman–Crippen MR) is 106 cm³/mol. The van der Waals surface area contributed by atoms with Crippen LogP contribution in [-0.2, 0) is 17.1 Å². The van der Waals surface area contributed by atoms with Gasteiger partial charge in [0, 0.05) is 22.1 Å². The zero-order chi connectivity index (χ0) is 19.3. The fraction of sp³-hybridized carbons (Fsp3) is 0.150. The van der Waals surface area contributed by atoms with Crippen molar-refractivity contribution in [2.75, 3.05) is 0 Å². The minimum Gasteiger partial charge on any atom is -0.461 e. The molecule has 0 spiro atoms. The number of benzene rings is 1. The highest BCUT2D eigenvalue weighted by atomic mass is 32.2. The van der Waals surface area contributed by atoms with E-state index < -0.39 is 5.97 Å². The zero-order valence-electron chi connectivity index (χ0n) is 15.0. The van der Waals surface area contributed by atoms with Gasteiger partial charge in [0.1, 0.15) is 12.3 Å². The van der Waals surface area contributed by atoms with Crippen LogP contribution in [0.1, 0.15) is 26.8 Å². The molecule has 4 rings (SSSR count). The summed E-state index contributed by atoms with van der Waals surface area (Å²) in [6, 6.07) is 12.6. The van der Waals surface area contributed by atoms with E-state index in [2.05, 4.69) is 10.1 Å². The molecular formula is C20H16N2O4S2. The summed E-state index contributed by atoms with van der Waals surface area (Å²) in [7, 11) is 0. The fourth-order valence-corrected chi connectivity index (χ4v) is 4.17. The van der Waals surface area contributed by atoms with Crippen LogP contribution < -0.4 is 0 Å². The lowest BCUT2D eigenvalue weighted by molar-refractivity contribution is 0.0460. The SMILES string of the molecule is Cc1nc(CSc2ccccc2C(=O)OCc2cc(-c3ccco3)on2)cs1. The lowest BCUT2D eigenvalue weighted by Gasteiger charge is -2.08. The van der Waals surface area contributed by atoms with E-state index >= 15 is 0 Å². The molecule has 0 atom stereocenters. The summed E-state index contributed by atoms with van der Waals surface area (Å²) < 4.78 is 15.9. The highest BCUT2D eigenvalue weighted by Gasteiger charge is 2.15. The summed E-state index contributed by atoms with van der Waals surface area (Å²) in [5.74, 6) is 1.36. The Bertz CT molecular complexity index is 1070. The minimum atomic E-state index is -0.403. The molecule has 3 heterocycles. The second-order valence-electron chi connectivity index (χ2n) is 5.88. The van der Waals surface area contributed by atoms with Gasteiger partial charge in [-0.05, 0) is 31.2 Å². The van der Waals surface area contributed by atoms with Crippen molar-refractivity contribution in [3.05, 3.63) is 76.1 Å². The number of furan rings is 1. The number of hydrogen-bond acceptors (Lipinski definition) is 8. The van der Waals surface area contributed by atoms with Gasteiger partial charge in [0.05, 0.1) is 22.5 Å². The van der Waals surface area contributed by atoms with Gasteiger partial charge >= 0.3 is 5.97 Å². The van der Waals surface area contributed by atoms with Crippen LogP contribution >= 0.6 is 23.1 Å². The van der Waals surface area contributed by atoms with E-state index in [1.807, 2.05) is 30.5 Å². The average Bonchev–Trinajstić information content (AvgIpc) is 3.46. The first kappa shape index (κ1) is 18.5. The van der Waals surface area contributed by atoms with Crippen molar-refractivity contribution in [3.8, 4) is 11.5 Å². The van der Waals surface area contributed by atoms with Gasteiger partial charge in [-0.2, -0.15) is 0 Å². The second kappa shape index (κ2) is 8.45. The van der Waals surface area contributed by atoms with Gasteiger partial charge in [-0.1, -0.05) is 17.3 Å². The van der Waals surface area contributed by atoms with E-state index in [9.17, 15) is 4.79 Å². The standard InChI is InChI=1S/C20H16N2O4S2/c1-13-21-15(11-27-13)12-28-19-7-3-2-5-16(19)20(23)25-10-14-9-18(26-22-14)17-6-4-8-24-17/h2-9,11H,10,12H2,1H3. The monoisotopic (exact) mass is 412 g/mol. The van der Waals surface area contributed by atoms with Gasteiger partial charge in [-0.25, -0.2) is 9.78 Å². The lowest BCUT2D eigenvalue weighted by atomic mass is 10.2. The molecule has 0 saturated carbocycles. The summed E-state index contributed by atoms with van der Waals surface area (Å²) >= 11 is 3.18. The number of aryl methyl sites for hydroxylation is 1. The molecule has 0 aliphatic heterocycles. The van der Waals surface area contributed by atoms with E-state index in [-0.39, 0.29) is 6.61 Å². The second-order valence-corrected chi connectivity index (χ2v) is 7.96. The van der Waals surface area contributed by atoms with Gasteiger partial charge in [0.15, 0.2) is 5.76 Å². The van der Waals surface area contributed by atoms with E-state index in [1.54, 1.807) is 53.6 Å². The van der Waals surface area contributed by atoms with Crippen molar-refractivity contribution >= 4 is 29.1 Å². The molecule has 0 N–H and O–H groups in total. The van der Waals surface area contributed by atoms with Crippen LogP contribution in [0.15, 0.2) is 67.9 Å². The number of carbonyl (C=O) groups excluding carboxylic acids is 1. The summed E-state index contributed by atoms with van der Waals surface area (Å²) in [5.41, 5.74) is 2.04. The Balaban J connectivity index is 1.39. The number of esters is 1. The molecule has 8 heteroatoms. The summed E-state index contributed by atoms with van der Waals surface area (Å²) in [6.07, 6.45) is 1.55. The lowest BCUT2D eigenvalue weighted by Crippen LogP contribution is -2.06. The van der Waals surface area contributed by atoms with Crippen LogP contribution in [0.3, 0.4) is 0 Å². The van der Waals surface area contributed by atoms with Crippen molar-refractivity contribution in [3.63, 3.8) is 0 Å². The molecule has 0 radical (unpaired) electrons. The Morgan fingerprint density at radius 3 is 2.86 bits per heavy atom. The Morgan fingerprint density at radius 2 is 2.07 bits per heavy atom. The predicted octanol–water partition coefficient (Wildman–Crippen LogP) is 5.35. The Hall–Kier alpha value is -2.84. The fourth-order valence-electron chi connectivity index (χ4n) is 2.52. The molecule has 4 aromatic rings. The molecule has 0 amide bonds. The Kier molecular flexibility index (Phi) is 5.59. The molecule has 3 aromatic heterocycles. The maximum Gasteiger partial charge on any atom is 0.339 e. The number of aromatic nitrogens is 2. The third-order valence-electron chi connectivity index (χ3n) is 3.82. The van der Waals surface area contributed by atoms with E-state index in [4.69, 9.17) is 13.7 Å². The third-order valence-corrected chi connectivity index (χ3v) is 5.75. The normalized spacial score (nSPS) is 10.9. The van der Waals surface area contributed by atoms with Crippen LogP contribution in [-0.4, -0.2) is 16.1 Å². The van der Waals surface area contributed by atoms with Gasteiger partial charge in [-0.15, -0.1) is 23.1 Å². The zero-order valence-corrected chi connectivity index (χ0v) is 16.6. The first-order valence-electron chi connectivity index (χ1n) is 8.48. The van der Waals surface area contributed by atoms with Gasteiger partial charge in [0.25, 0.3) is 0 Å². The molecule has 0 bridgehead atoms. The van der Waals surface area contributed by atoms with Crippen molar-refractivity contribution in [2.45, 2.75) is 24.2 Å². The summed E-state index contributed by atoms with van der Waals surface area (Å²) in [6.45, 7) is 2.00. The topological polar surface area (TPSA) is 78.4 Å². The minimum absolute atomic E-state index is 0.0212. The number of carbonyl (C=O) groups is 1. The highest BCUT2D eigenvalue weighted by Crippen LogP contribution is 2.28. The molecule has 28 heavy (non-hydrogen) atoms. The number of thiazole rings is 1. The van der Waals surface area contributed by atoms with E-state index in [0.29, 0.717) is 28.5 Å². The van der Waals surface area contributed by atoms with Crippen LogP contribution in [0.5, 0.6) is 0 Å². The molecule has 1 aromatic carbocycles. The van der Waals surface area contributed by atoms with E-state index in [0.717, 1.165) is 15.6 Å². The molecule has 0 aliphatic carbocycles. The largest absolute Gasteiger partial charge is 0.461 e. The van der Waals surface area contributed by atoms with E-state index in [1.165, 1.54) is 0 Å². The molecule has 0 saturated heterocycles. The molecule has 6 nitrogen and oxygen atoms in total. The summed E-state index contributed by atoms with van der Waals surface area (Å²) in [4.78, 5) is 17.9. The Morgan fingerprint density at radius 1 is 1.18 bits per heavy atom. The first-order valence-corrected chi connectivity index (χ1v) is 10.3. The first-order chi connectivity index (χ1) is 13.7. The van der Waals surface area contributed by atoms with Crippen LogP contribution in [0.2, 0.25) is 0 Å². The quantitative estimate of drug-likeness (QED) is 0.299. The number of hydrogen-bond donors (Lipinski definition) is 0. The van der Waals surface area contributed by atoms with Crippen molar-refractivity contribution < 1.29 is 18.5 Å². The molecule has 0 fully saturated rings. The number of ether oxygens (including phenoxy) is 1. The maximum atomic E-state index is 12.6. The van der Waals surface area contributed by atoms with Crippen molar-refractivity contribution in [2.24, 2.45) is 0 Å². The third kappa shape index (κ3) is 4.35. The average molecular weight is 412 g/mol. The molecular weight excluding hydrogens is 396 g/mol. The molecule has 0 unspecified atom stereocenters. The molecule has 0 aliphatic rings. The van der Waals surface area contributed by atoms with Crippen LogP contribution in [0.25, 0.3) is 11.5 Å². The smallest absolute Gasteiger partial charge is 0.339 e.